The van der Waals surface area contributed by atoms with Gasteiger partial charge in [-0.3, -0.25) is 0 Å². The molecule has 3 heterocycles. The standard InChI is InChI=1S/C17H26N2O2/c1-20-16-4-3-13(11-17(16)21-2)5-8-18-15-12-19-9-6-14(15)7-10-19/h3-4,11,14-15,18H,5-10,12H2,1-2H3. The van der Waals surface area contributed by atoms with Crippen LogP contribution in [-0.4, -0.2) is 51.3 Å². The summed E-state index contributed by atoms with van der Waals surface area (Å²) in [7, 11) is 3.36. The van der Waals surface area contributed by atoms with Gasteiger partial charge in [0.15, 0.2) is 11.5 Å². The molecule has 4 rings (SSSR count). The van der Waals surface area contributed by atoms with E-state index in [0.717, 1.165) is 30.4 Å². The van der Waals surface area contributed by atoms with Crippen molar-refractivity contribution in [3.05, 3.63) is 23.8 Å². The van der Waals surface area contributed by atoms with Crippen molar-refractivity contribution >= 4 is 0 Å². The van der Waals surface area contributed by atoms with Crippen LogP contribution in [0.15, 0.2) is 18.2 Å². The van der Waals surface area contributed by atoms with E-state index < -0.39 is 0 Å². The van der Waals surface area contributed by atoms with Crippen LogP contribution in [0.4, 0.5) is 0 Å². The first-order valence-corrected chi connectivity index (χ1v) is 7.97. The lowest BCUT2D eigenvalue weighted by molar-refractivity contribution is 0.0731. The average Bonchev–Trinajstić information content (AvgIpc) is 2.56. The molecule has 0 amide bonds. The van der Waals surface area contributed by atoms with Crippen LogP contribution in [0.3, 0.4) is 0 Å². The molecule has 3 fully saturated rings. The van der Waals surface area contributed by atoms with Crippen molar-refractivity contribution in [1.29, 1.82) is 0 Å². The predicted molar refractivity (Wildman–Crippen MR) is 84.2 cm³/mol. The van der Waals surface area contributed by atoms with Crippen molar-refractivity contribution < 1.29 is 9.47 Å². The molecule has 3 saturated heterocycles. The molecular formula is C17H26N2O2. The van der Waals surface area contributed by atoms with Gasteiger partial charge in [0.2, 0.25) is 0 Å². The predicted octanol–water partition coefficient (Wildman–Crippen LogP) is 1.93. The summed E-state index contributed by atoms with van der Waals surface area (Å²) >= 11 is 0. The van der Waals surface area contributed by atoms with Gasteiger partial charge in [-0.05, 0) is 62.5 Å². The van der Waals surface area contributed by atoms with E-state index in [9.17, 15) is 0 Å². The molecule has 4 nitrogen and oxygen atoms in total. The summed E-state index contributed by atoms with van der Waals surface area (Å²) in [5.41, 5.74) is 1.29. The van der Waals surface area contributed by atoms with E-state index in [-0.39, 0.29) is 0 Å². The molecule has 21 heavy (non-hydrogen) atoms. The van der Waals surface area contributed by atoms with E-state index in [1.807, 2.05) is 6.07 Å². The molecule has 3 aliphatic heterocycles. The Morgan fingerprint density at radius 1 is 1.14 bits per heavy atom. The fourth-order valence-corrected chi connectivity index (χ4v) is 3.63. The zero-order valence-electron chi connectivity index (χ0n) is 13.1. The SMILES string of the molecule is COc1ccc(CCNC2CN3CCC2CC3)cc1OC. The van der Waals surface area contributed by atoms with Crippen LogP contribution in [0.1, 0.15) is 18.4 Å². The van der Waals surface area contributed by atoms with Gasteiger partial charge in [0.25, 0.3) is 0 Å². The molecule has 1 atom stereocenters. The highest BCUT2D eigenvalue weighted by Crippen LogP contribution is 2.29. The number of rotatable bonds is 6. The van der Waals surface area contributed by atoms with E-state index >= 15 is 0 Å². The number of nitrogens with one attached hydrogen (secondary N) is 1. The Labute approximate surface area is 127 Å². The largest absolute Gasteiger partial charge is 0.493 e. The third-order valence-electron chi connectivity index (χ3n) is 4.92. The highest BCUT2D eigenvalue weighted by Gasteiger charge is 2.33. The molecule has 0 radical (unpaired) electrons. The van der Waals surface area contributed by atoms with Crippen molar-refractivity contribution in [3.63, 3.8) is 0 Å². The second kappa shape index (κ2) is 6.67. The van der Waals surface area contributed by atoms with Gasteiger partial charge in [-0.1, -0.05) is 6.07 Å². The van der Waals surface area contributed by atoms with Gasteiger partial charge < -0.3 is 19.7 Å². The molecule has 0 aromatic heterocycles. The highest BCUT2D eigenvalue weighted by atomic mass is 16.5. The molecule has 1 aromatic carbocycles. The zero-order valence-corrected chi connectivity index (χ0v) is 13.1. The minimum atomic E-state index is 0.688. The van der Waals surface area contributed by atoms with Gasteiger partial charge in [0, 0.05) is 12.6 Å². The number of methoxy groups -OCH3 is 2. The third kappa shape index (κ3) is 3.33. The Morgan fingerprint density at radius 3 is 2.52 bits per heavy atom. The second-order valence-corrected chi connectivity index (χ2v) is 6.14. The van der Waals surface area contributed by atoms with E-state index in [0.29, 0.717) is 6.04 Å². The maximum absolute atomic E-state index is 5.36. The summed E-state index contributed by atoms with van der Waals surface area (Å²) in [5, 5.41) is 3.75. The summed E-state index contributed by atoms with van der Waals surface area (Å²) in [6, 6.07) is 6.88. The smallest absolute Gasteiger partial charge is 0.160 e. The quantitative estimate of drug-likeness (QED) is 0.868. The Morgan fingerprint density at radius 2 is 1.90 bits per heavy atom. The molecule has 1 unspecified atom stereocenters. The summed E-state index contributed by atoms with van der Waals surface area (Å²) in [4.78, 5) is 2.59. The lowest BCUT2D eigenvalue weighted by Gasteiger charge is -2.45. The van der Waals surface area contributed by atoms with Gasteiger partial charge in [-0.25, -0.2) is 0 Å². The minimum Gasteiger partial charge on any atom is -0.493 e. The first kappa shape index (κ1) is 14.7. The van der Waals surface area contributed by atoms with E-state index in [2.05, 4.69) is 22.3 Å². The first-order chi connectivity index (χ1) is 10.3. The summed E-state index contributed by atoms with van der Waals surface area (Å²) < 4.78 is 10.6. The Kier molecular flexibility index (Phi) is 4.66. The minimum absolute atomic E-state index is 0.688. The molecule has 116 valence electrons. The van der Waals surface area contributed by atoms with Crippen LogP contribution in [0.2, 0.25) is 0 Å². The first-order valence-electron chi connectivity index (χ1n) is 7.97. The van der Waals surface area contributed by atoms with Crippen LogP contribution in [-0.2, 0) is 6.42 Å². The lowest BCUT2D eigenvalue weighted by atomic mass is 9.84. The maximum Gasteiger partial charge on any atom is 0.160 e. The molecule has 0 aliphatic carbocycles. The summed E-state index contributed by atoms with van der Waals surface area (Å²) in [6.07, 6.45) is 3.77. The molecular weight excluding hydrogens is 264 g/mol. The van der Waals surface area contributed by atoms with Crippen LogP contribution in [0.5, 0.6) is 11.5 Å². The van der Waals surface area contributed by atoms with Crippen LogP contribution >= 0.6 is 0 Å². The number of hydrogen-bond acceptors (Lipinski definition) is 4. The number of ether oxygens (including phenoxy) is 2. The van der Waals surface area contributed by atoms with E-state index in [4.69, 9.17) is 9.47 Å². The van der Waals surface area contributed by atoms with Gasteiger partial charge in [0.05, 0.1) is 14.2 Å². The van der Waals surface area contributed by atoms with Gasteiger partial charge in [-0.2, -0.15) is 0 Å². The van der Waals surface area contributed by atoms with Gasteiger partial charge in [0.1, 0.15) is 0 Å². The Hall–Kier alpha value is -1.26. The van der Waals surface area contributed by atoms with Gasteiger partial charge >= 0.3 is 0 Å². The van der Waals surface area contributed by atoms with Crippen molar-refractivity contribution in [2.24, 2.45) is 5.92 Å². The molecule has 2 bridgehead atoms. The monoisotopic (exact) mass is 290 g/mol. The maximum atomic E-state index is 5.36. The summed E-state index contributed by atoms with van der Waals surface area (Å²) in [6.45, 7) is 4.87. The third-order valence-corrected chi connectivity index (χ3v) is 4.92. The number of piperidine rings is 3. The van der Waals surface area contributed by atoms with Crippen molar-refractivity contribution in [3.8, 4) is 11.5 Å². The van der Waals surface area contributed by atoms with Crippen LogP contribution < -0.4 is 14.8 Å². The fraction of sp³-hybridized carbons (Fsp3) is 0.647. The summed E-state index contributed by atoms with van der Waals surface area (Å²) in [5.74, 6) is 2.50. The number of hydrogen-bond donors (Lipinski definition) is 1. The van der Waals surface area contributed by atoms with Crippen molar-refractivity contribution in [2.45, 2.75) is 25.3 Å². The van der Waals surface area contributed by atoms with Gasteiger partial charge in [-0.15, -0.1) is 0 Å². The van der Waals surface area contributed by atoms with E-state index in [1.165, 1.54) is 38.0 Å². The molecule has 0 spiro atoms. The lowest BCUT2D eigenvalue weighted by Crippen LogP contribution is -2.56. The zero-order chi connectivity index (χ0) is 14.7. The molecule has 0 saturated carbocycles. The van der Waals surface area contributed by atoms with Crippen LogP contribution in [0, 0.1) is 5.92 Å². The van der Waals surface area contributed by atoms with Crippen LogP contribution in [0.25, 0.3) is 0 Å². The van der Waals surface area contributed by atoms with Crippen molar-refractivity contribution in [1.82, 2.24) is 10.2 Å². The average molecular weight is 290 g/mol. The second-order valence-electron chi connectivity index (χ2n) is 6.14. The molecule has 1 aromatic rings. The molecule has 3 aliphatic rings. The van der Waals surface area contributed by atoms with E-state index in [1.54, 1.807) is 14.2 Å². The normalized spacial score (nSPS) is 27.6. The topological polar surface area (TPSA) is 33.7 Å². The van der Waals surface area contributed by atoms with Crippen molar-refractivity contribution in [2.75, 3.05) is 40.4 Å². The fourth-order valence-electron chi connectivity index (χ4n) is 3.63. The Bertz CT molecular complexity index is 470. The number of benzene rings is 1. The Balaban J connectivity index is 1.51. The number of nitrogens with zero attached hydrogens (tertiary/aromatic N) is 1. The molecule has 1 N–H and O–H groups in total. The highest BCUT2D eigenvalue weighted by molar-refractivity contribution is 5.42. The number of fused-ring (bicyclic) bond motifs is 3. The molecule has 4 heteroatoms.